The van der Waals surface area contributed by atoms with Crippen molar-refractivity contribution in [2.45, 2.75) is 4.90 Å². The molecular formula is C7H8BrNO4S. The van der Waals surface area contributed by atoms with Gasteiger partial charge in [0.25, 0.3) is 0 Å². The Morgan fingerprint density at radius 3 is 2.50 bits per heavy atom. The second-order valence-electron chi connectivity index (χ2n) is 2.50. The maximum Gasteiger partial charge on any atom is 0.241 e. The van der Waals surface area contributed by atoms with E-state index in [9.17, 15) is 13.5 Å². The summed E-state index contributed by atoms with van der Waals surface area (Å²) in [6.45, 7) is 0. The first-order valence-corrected chi connectivity index (χ1v) is 5.79. The molecule has 0 saturated carbocycles. The lowest BCUT2D eigenvalue weighted by Crippen LogP contribution is -2.12. The fourth-order valence-electron chi connectivity index (χ4n) is 0.923. The maximum absolute atomic E-state index is 11.0. The van der Waals surface area contributed by atoms with Gasteiger partial charge in [0.15, 0.2) is 11.5 Å². The zero-order valence-electron chi connectivity index (χ0n) is 7.19. The van der Waals surface area contributed by atoms with E-state index < -0.39 is 15.8 Å². The number of aromatic hydroxyl groups is 1. The standard InChI is InChI=1S/C7H8BrNO4S/c1-13-5-2-4(8)3-6(7(5)10)14(9,11)12/h2-3,10H,1H3,(H2,9,11,12). The topological polar surface area (TPSA) is 89.6 Å². The highest BCUT2D eigenvalue weighted by Gasteiger charge is 2.18. The van der Waals surface area contributed by atoms with Crippen LogP contribution in [0.5, 0.6) is 11.5 Å². The SMILES string of the molecule is COc1cc(Br)cc(S(N)(=O)=O)c1O. The van der Waals surface area contributed by atoms with Crippen LogP contribution in [0.1, 0.15) is 0 Å². The summed E-state index contributed by atoms with van der Waals surface area (Å²) >= 11 is 3.07. The average molecular weight is 282 g/mol. The lowest BCUT2D eigenvalue weighted by Gasteiger charge is -2.07. The molecule has 1 aromatic carbocycles. The van der Waals surface area contributed by atoms with Crippen LogP contribution in [0.2, 0.25) is 0 Å². The Morgan fingerprint density at radius 2 is 2.07 bits per heavy atom. The third-order valence-corrected chi connectivity index (χ3v) is 2.91. The molecule has 0 aliphatic heterocycles. The molecule has 5 nitrogen and oxygen atoms in total. The second-order valence-corrected chi connectivity index (χ2v) is 4.95. The summed E-state index contributed by atoms with van der Waals surface area (Å²) < 4.78 is 27.2. The van der Waals surface area contributed by atoms with Crippen LogP contribution in [0.25, 0.3) is 0 Å². The van der Waals surface area contributed by atoms with E-state index in [1.165, 1.54) is 19.2 Å². The van der Waals surface area contributed by atoms with Crippen molar-refractivity contribution in [2.75, 3.05) is 7.11 Å². The number of phenolic OH excluding ortho intramolecular Hbond substituents is 1. The van der Waals surface area contributed by atoms with Gasteiger partial charge in [-0.2, -0.15) is 0 Å². The van der Waals surface area contributed by atoms with Crippen molar-refractivity contribution in [3.05, 3.63) is 16.6 Å². The molecule has 3 N–H and O–H groups in total. The predicted molar refractivity (Wildman–Crippen MR) is 53.7 cm³/mol. The molecule has 0 radical (unpaired) electrons. The van der Waals surface area contributed by atoms with Gasteiger partial charge in [-0.3, -0.25) is 0 Å². The van der Waals surface area contributed by atoms with E-state index in [0.29, 0.717) is 4.47 Å². The van der Waals surface area contributed by atoms with Gasteiger partial charge in [0, 0.05) is 4.47 Å². The Balaban J connectivity index is 3.53. The molecule has 1 rings (SSSR count). The summed E-state index contributed by atoms with van der Waals surface area (Å²) in [6.07, 6.45) is 0. The molecule has 0 aliphatic rings. The van der Waals surface area contributed by atoms with Crippen LogP contribution in [0.3, 0.4) is 0 Å². The number of sulfonamides is 1. The van der Waals surface area contributed by atoms with Crippen LogP contribution in [0.15, 0.2) is 21.5 Å². The second kappa shape index (κ2) is 3.76. The lowest BCUT2D eigenvalue weighted by molar-refractivity contribution is 0.366. The van der Waals surface area contributed by atoms with Crippen LogP contribution >= 0.6 is 15.9 Å². The van der Waals surface area contributed by atoms with Gasteiger partial charge in [-0.1, -0.05) is 15.9 Å². The Kier molecular flexibility index (Phi) is 3.03. The quantitative estimate of drug-likeness (QED) is 0.840. The minimum atomic E-state index is -3.95. The third-order valence-electron chi connectivity index (χ3n) is 1.53. The highest BCUT2D eigenvalue weighted by atomic mass is 79.9. The van der Waals surface area contributed by atoms with Crippen molar-refractivity contribution in [2.24, 2.45) is 5.14 Å². The van der Waals surface area contributed by atoms with Crippen molar-refractivity contribution in [3.8, 4) is 11.5 Å². The molecule has 7 heteroatoms. The number of benzene rings is 1. The Labute approximate surface area is 89.7 Å². The summed E-state index contributed by atoms with van der Waals surface area (Å²) in [4.78, 5) is -0.372. The van der Waals surface area contributed by atoms with E-state index in [4.69, 9.17) is 9.88 Å². The van der Waals surface area contributed by atoms with Gasteiger partial charge in [-0.25, -0.2) is 13.6 Å². The zero-order valence-corrected chi connectivity index (χ0v) is 9.59. The maximum atomic E-state index is 11.0. The first kappa shape index (κ1) is 11.3. The molecule has 0 bridgehead atoms. The summed E-state index contributed by atoms with van der Waals surface area (Å²) in [5.41, 5.74) is 0. The molecule has 0 unspecified atom stereocenters. The fourth-order valence-corrected chi connectivity index (χ4v) is 2.17. The highest BCUT2D eigenvalue weighted by Crippen LogP contribution is 2.35. The molecule has 78 valence electrons. The molecule has 0 saturated heterocycles. The number of ether oxygens (including phenoxy) is 1. The van der Waals surface area contributed by atoms with Gasteiger partial charge < -0.3 is 9.84 Å². The molecule has 0 amide bonds. The molecule has 0 atom stereocenters. The molecule has 0 fully saturated rings. The molecule has 0 aliphatic carbocycles. The van der Waals surface area contributed by atoms with Crippen LogP contribution in [0.4, 0.5) is 0 Å². The van der Waals surface area contributed by atoms with Crippen LogP contribution < -0.4 is 9.88 Å². The molecule has 0 heterocycles. The smallest absolute Gasteiger partial charge is 0.241 e. The minimum absolute atomic E-state index is 0.0448. The Bertz CT molecular complexity index is 457. The van der Waals surface area contributed by atoms with E-state index in [0.717, 1.165) is 0 Å². The average Bonchev–Trinajstić information content (AvgIpc) is 2.06. The van der Waals surface area contributed by atoms with Gasteiger partial charge in [-0.05, 0) is 12.1 Å². The minimum Gasteiger partial charge on any atom is -0.503 e. The van der Waals surface area contributed by atoms with Crippen molar-refractivity contribution in [1.29, 1.82) is 0 Å². The van der Waals surface area contributed by atoms with Crippen molar-refractivity contribution >= 4 is 26.0 Å². The largest absolute Gasteiger partial charge is 0.503 e. The third kappa shape index (κ3) is 2.17. The van der Waals surface area contributed by atoms with Gasteiger partial charge in [0.05, 0.1) is 7.11 Å². The number of phenols is 1. The van der Waals surface area contributed by atoms with Crippen LogP contribution in [-0.2, 0) is 10.0 Å². The summed E-state index contributed by atoms with van der Waals surface area (Å²) in [6, 6.07) is 2.64. The molecule has 0 aromatic heterocycles. The van der Waals surface area contributed by atoms with Gasteiger partial charge in [-0.15, -0.1) is 0 Å². The molecular weight excluding hydrogens is 274 g/mol. The van der Waals surface area contributed by atoms with E-state index in [1.807, 2.05) is 0 Å². The van der Waals surface area contributed by atoms with Gasteiger partial charge in [0.2, 0.25) is 10.0 Å². The molecule has 14 heavy (non-hydrogen) atoms. The van der Waals surface area contributed by atoms with Crippen molar-refractivity contribution in [3.63, 3.8) is 0 Å². The molecule has 1 aromatic rings. The number of rotatable bonds is 2. The lowest BCUT2D eigenvalue weighted by atomic mass is 10.3. The Hall–Kier alpha value is -0.790. The first-order valence-electron chi connectivity index (χ1n) is 3.45. The number of nitrogens with two attached hydrogens (primary N) is 1. The number of hydrogen-bond acceptors (Lipinski definition) is 4. The Morgan fingerprint density at radius 1 is 1.50 bits per heavy atom. The van der Waals surface area contributed by atoms with Crippen molar-refractivity contribution < 1.29 is 18.3 Å². The highest BCUT2D eigenvalue weighted by molar-refractivity contribution is 9.10. The van der Waals surface area contributed by atoms with Crippen LogP contribution in [0, 0.1) is 0 Å². The zero-order chi connectivity index (χ0) is 10.9. The van der Waals surface area contributed by atoms with Gasteiger partial charge in [0.1, 0.15) is 4.90 Å². The van der Waals surface area contributed by atoms with E-state index in [1.54, 1.807) is 0 Å². The van der Waals surface area contributed by atoms with E-state index >= 15 is 0 Å². The normalized spacial score (nSPS) is 11.4. The fraction of sp³-hybridized carbons (Fsp3) is 0.143. The summed E-state index contributed by atoms with van der Waals surface area (Å²) in [5, 5.41) is 14.3. The number of hydrogen-bond donors (Lipinski definition) is 2. The summed E-state index contributed by atoms with van der Waals surface area (Å²) in [5.74, 6) is -0.443. The first-order chi connectivity index (χ1) is 6.36. The molecule has 0 spiro atoms. The predicted octanol–water partition coefficient (Wildman–Crippen LogP) is 0.811. The number of primary sulfonamides is 1. The monoisotopic (exact) mass is 281 g/mol. The number of methoxy groups -OCH3 is 1. The summed E-state index contributed by atoms with van der Waals surface area (Å²) in [7, 11) is -2.63. The van der Waals surface area contributed by atoms with Crippen molar-refractivity contribution in [1.82, 2.24) is 0 Å². The van der Waals surface area contributed by atoms with E-state index in [-0.39, 0.29) is 10.6 Å². The van der Waals surface area contributed by atoms with E-state index in [2.05, 4.69) is 15.9 Å². The number of halogens is 1. The van der Waals surface area contributed by atoms with Crippen LogP contribution in [-0.4, -0.2) is 20.6 Å². The van der Waals surface area contributed by atoms with Gasteiger partial charge >= 0.3 is 0 Å².